The molecule has 17 heavy (non-hydrogen) atoms. The number of aromatic nitrogens is 1. The summed E-state index contributed by atoms with van der Waals surface area (Å²) in [5.74, 6) is 1.04. The number of aryl methyl sites for hydroxylation is 2. The van der Waals surface area contributed by atoms with Gasteiger partial charge in [0, 0.05) is 5.69 Å². The summed E-state index contributed by atoms with van der Waals surface area (Å²) in [5, 5.41) is 9.11. The van der Waals surface area contributed by atoms with E-state index in [4.69, 9.17) is 10.00 Å². The molecular formula is C14H20N2O. The molecule has 0 radical (unpaired) electrons. The van der Waals surface area contributed by atoms with Gasteiger partial charge in [0.2, 0.25) is 5.88 Å². The molecule has 1 heterocycles. The first-order valence-corrected chi connectivity index (χ1v) is 5.99. The average molecular weight is 232 g/mol. The number of pyridine rings is 1. The van der Waals surface area contributed by atoms with Crippen LogP contribution in [-0.2, 0) is 0 Å². The SMILES string of the molecule is Cc1cc(C)c(C#N)c(OC(C)CC(C)C)n1. The van der Waals surface area contributed by atoms with Gasteiger partial charge in [0.15, 0.2) is 0 Å². The fraction of sp³-hybridized carbons (Fsp3) is 0.571. The van der Waals surface area contributed by atoms with Crippen molar-refractivity contribution in [2.75, 3.05) is 0 Å². The van der Waals surface area contributed by atoms with Crippen molar-refractivity contribution in [3.63, 3.8) is 0 Å². The first kappa shape index (κ1) is 13.5. The van der Waals surface area contributed by atoms with Crippen molar-refractivity contribution in [3.05, 3.63) is 22.9 Å². The van der Waals surface area contributed by atoms with E-state index in [9.17, 15) is 0 Å². The summed E-state index contributed by atoms with van der Waals surface area (Å²) in [7, 11) is 0. The number of hydrogen-bond acceptors (Lipinski definition) is 3. The normalized spacial score (nSPS) is 12.3. The van der Waals surface area contributed by atoms with Gasteiger partial charge in [-0.05, 0) is 44.7 Å². The Morgan fingerprint density at radius 1 is 1.35 bits per heavy atom. The number of ether oxygens (including phenoxy) is 1. The Balaban J connectivity index is 2.94. The van der Waals surface area contributed by atoms with E-state index in [1.54, 1.807) is 0 Å². The van der Waals surface area contributed by atoms with Crippen LogP contribution in [0.5, 0.6) is 5.88 Å². The highest BCUT2D eigenvalue weighted by Gasteiger charge is 2.13. The summed E-state index contributed by atoms with van der Waals surface area (Å²) in [6.45, 7) is 10.1. The van der Waals surface area contributed by atoms with E-state index in [-0.39, 0.29) is 6.10 Å². The number of hydrogen-bond donors (Lipinski definition) is 0. The average Bonchev–Trinajstić information content (AvgIpc) is 2.15. The van der Waals surface area contributed by atoms with E-state index < -0.39 is 0 Å². The van der Waals surface area contributed by atoms with Gasteiger partial charge < -0.3 is 4.74 Å². The van der Waals surface area contributed by atoms with Crippen LogP contribution < -0.4 is 4.74 Å². The molecule has 0 aliphatic rings. The topological polar surface area (TPSA) is 45.9 Å². The predicted molar refractivity (Wildman–Crippen MR) is 68.0 cm³/mol. The van der Waals surface area contributed by atoms with Crippen molar-refractivity contribution in [3.8, 4) is 11.9 Å². The third kappa shape index (κ3) is 3.74. The van der Waals surface area contributed by atoms with Crippen molar-refractivity contribution >= 4 is 0 Å². The molecule has 1 aromatic rings. The Labute approximate surface area is 103 Å². The van der Waals surface area contributed by atoms with Gasteiger partial charge in [0.25, 0.3) is 0 Å². The lowest BCUT2D eigenvalue weighted by atomic mass is 10.1. The molecule has 92 valence electrons. The van der Waals surface area contributed by atoms with Gasteiger partial charge in [0.05, 0.1) is 6.10 Å². The number of rotatable bonds is 4. The predicted octanol–water partition coefficient (Wildman–Crippen LogP) is 3.38. The molecule has 0 saturated carbocycles. The molecule has 3 heteroatoms. The van der Waals surface area contributed by atoms with Crippen LogP contribution in [0.2, 0.25) is 0 Å². The first-order chi connectivity index (χ1) is 7.93. The fourth-order valence-electron chi connectivity index (χ4n) is 1.93. The Kier molecular flexibility index (Phi) is 4.51. The molecule has 1 aromatic heterocycles. The zero-order valence-corrected chi connectivity index (χ0v) is 11.2. The van der Waals surface area contributed by atoms with Crippen LogP contribution in [0.1, 0.15) is 44.0 Å². The monoisotopic (exact) mass is 232 g/mol. The van der Waals surface area contributed by atoms with Crippen LogP contribution in [0.15, 0.2) is 6.07 Å². The lowest BCUT2D eigenvalue weighted by Gasteiger charge is -2.17. The second-order valence-electron chi connectivity index (χ2n) is 4.93. The van der Waals surface area contributed by atoms with Gasteiger partial charge in [-0.1, -0.05) is 13.8 Å². The zero-order valence-electron chi connectivity index (χ0n) is 11.2. The van der Waals surface area contributed by atoms with Crippen molar-refractivity contribution in [1.82, 2.24) is 4.98 Å². The van der Waals surface area contributed by atoms with E-state index in [0.717, 1.165) is 17.7 Å². The van der Waals surface area contributed by atoms with Crippen molar-refractivity contribution in [2.45, 2.75) is 47.1 Å². The van der Waals surface area contributed by atoms with E-state index in [0.29, 0.717) is 17.4 Å². The fourth-order valence-corrected chi connectivity index (χ4v) is 1.93. The summed E-state index contributed by atoms with van der Waals surface area (Å²) >= 11 is 0. The minimum absolute atomic E-state index is 0.0794. The molecule has 1 rings (SSSR count). The van der Waals surface area contributed by atoms with E-state index in [2.05, 4.69) is 24.9 Å². The highest BCUT2D eigenvalue weighted by molar-refractivity contribution is 5.45. The largest absolute Gasteiger partial charge is 0.474 e. The van der Waals surface area contributed by atoms with Crippen molar-refractivity contribution in [2.24, 2.45) is 5.92 Å². The van der Waals surface area contributed by atoms with Crippen LogP contribution in [0.4, 0.5) is 0 Å². The van der Waals surface area contributed by atoms with Crippen molar-refractivity contribution < 1.29 is 4.74 Å². The lowest BCUT2D eigenvalue weighted by molar-refractivity contribution is 0.185. The molecule has 0 saturated heterocycles. The van der Waals surface area contributed by atoms with Gasteiger partial charge in [-0.25, -0.2) is 4.98 Å². The summed E-state index contributed by atoms with van der Waals surface area (Å²) in [6, 6.07) is 4.06. The Morgan fingerprint density at radius 3 is 2.53 bits per heavy atom. The summed E-state index contributed by atoms with van der Waals surface area (Å²) in [6.07, 6.45) is 1.04. The second-order valence-corrected chi connectivity index (χ2v) is 4.93. The molecule has 0 bridgehead atoms. The van der Waals surface area contributed by atoms with Crippen molar-refractivity contribution in [1.29, 1.82) is 5.26 Å². The third-order valence-corrected chi connectivity index (χ3v) is 2.54. The summed E-state index contributed by atoms with van der Waals surface area (Å²) < 4.78 is 5.78. The maximum Gasteiger partial charge on any atom is 0.232 e. The van der Waals surface area contributed by atoms with E-state index >= 15 is 0 Å². The minimum atomic E-state index is 0.0794. The maximum absolute atomic E-state index is 9.11. The number of nitrogens with zero attached hydrogens (tertiary/aromatic N) is 2. The summed E-state index contributed by atoms with van der Waals surface area (Å²) in [4.78, 5) is 4.31. The van der Waals surface area contributed by atoms with E-state index in [1.165, 1.54) is 0 Å². The number of nitriles is 1. The van der Waals surface area contributed by atoms with Crippen LogP contribution in [0.25, 0.3) is 0 Å². The van der Waals surface area contributed by atoms with Crippen LogP contribution >= 0.6 is 0 Å². The quantitative estimate of drug-likeness (QED) is 0.799. The molecule has 3 nitrogen and oxygen atoms in total. The van der Waals surface area contributed by atoms with Crippen LogP contribution in [0, 0.1) is 31.1 Å². The molecule has 0 N–H and O–H groups in total. The minimum Gasteiger partial charge on any atom is -0.474 e. The molecule has 0 aliphatic heterocycles. The highest BCUT2D eigenvalue weighted by atomic mass is 16.5. The Morgan fingerprint density at radius 2 is 2.00 bits per heavy atom. The van der Waals surface area contributed by atoms with Gasteiger partial charge in [0.1, 0.15) is 11.6 Å². The standard InChI is InChI=1S/C14H20N2O/c1-9(2)6-12(5)17-14-13(8-15)10(3)7-11(4)16-14/h7,9,12H,6H2,1-5H3. The Hall–Kier alpha value is -1.56. The van der Waals surface area contributed by atoms with Crippen LogP contribution in [-0.4, -0.2) is 11.1 Å². The van der Waals surface area contributed by atoms with Gasteiger partial charge in [-0.3, -0.25) is 0 Å². The molecular weight excluding hydrogens is 212 g/mol. The van der Waals surface area contributed by atoms with Crippen LogP contribution in [0.3, 0.4) is 0 Å². The molecule has 0 aliphatic carbocycles. The molecule has 0 aromatic carbocycles. The molecule has 1 atom stereocenters. The lowest BCUT2D eigenvalue weighted by Crippen LogP contribution is -2.16. The second kappa shape index (κ2) is 5.67. The van der Waals surface area contributed by atoms with Gasteiger partial charge in [-0.15, -0.1) is 0 Å². The molecule has 1 unspecified atom stereocenters. The summed E-state index contributed by atoms with van der Waals surface area (Å²) in [5.41, 5.74) is 2.35. The smallest absolute Gasteiger partial charge is 0.232 e. The van der Waals surface area contributed by atoms with E-state index in [1.807, 2.05) is 26.8 Å². The molecule has 0 amide bonds. The van der Waals surface area contributed by atoms with Gasteiger partial charge >= 0.3 is 0 Å². The first-order valence-electron chi connectivity index (χ1n) is 5.99. The Bertz CT molecular complexity index is 433. The third-order valence-electron chi connectivity index (χ3n) is 2.54. The highest BCUT2D eigenvalue weighted by Crippen LogP contribution is 2.22. The van der Waals surface area contributed by atoms with Gasteiger partial charge in [-0.2, -0.15) is 5.26 Å². The molecule has 0 fully saturated rings. The zero-order chi connectivity index (χ0) is 13.0. The maximum atomic E-state index is 9.11. The molecule has 0 spiro atoms.